The molecule has 1 heterocycles. The van der Waals surface area contributed by atoms with E-state index in [1.165, 1.54) is 23.1 Å². The number of nitrogens with one attached hydrogen (secondary N) is 1. The molecule has 2 aromatic carbocycles. The number of amides is 1. The first-order chi connectivity index (χ1) is 14.1. The van der Waals surface area contributed by atoms with Gasteiger partial charge in [0.2, 0.25) is 11.0 Å². The first-order valence-corrected chi connectivity index (χ1v) is 10.4. The van der Waals surface area contributed by atoms with Crippen LogP contribution in [0.4, 0.5) is 5.13 Å². The quantitative estimate of drug-likeness (QED) is 0.315. The maximum absolute atomic E-state index is 12.3. The molecule has 0 saturated heterocycles. The van der Waals surface area contributed by atoms with Gasteiger partial charge in [0.1, 0.15) is 0 Å². The molecule has 1 N–H and O–H groups in total. The van der Waals surface area contributed by atoms with Crippen LogP contribution in [-0.2, 0) is 11.2 Å². The van der Waals surface area contributed by atoms with Crippen molar-refractivity contribution in [2.45, 2.75) is 10.8 Å². The summed E-state index contributed by atoms with van der Waals surface area (Å²) in [5, 5.41) is 11.1. The van der Waals surface area contributed by atoms with Crippen molar-refractivity contribution in [3.63, 3.8) is 0 Å². The zero-order valence-electron chi connectivity index (χ0n) is 15.9. The summed E-state index contributed by atoms with van der Waals surface area (Å²) >= 11 is 2.53. The number of benzene rings is 2. The molecule has 0 unspecified atom stereocenters. The van der Waals surface area contributed by atoms with Crippen molar-refractivity contribution in [2.75, 3.05) is 25.3 Å². The molecule has 0 fully saturated rings. The summed E-state index contributed by atoms with van der Waals surface area (Å²) in [6.45, 7) is 0. The molecule has 0 radical (unpaired) electrons. The van der Waals surface area contributed by atoms with Crippen molar-refractivity contribution in [2.24, 2.45) is 0 Å². The average Bonchev–Trinajstić information content (AvgIpc) is 3.19. The molecule has 9 heteroatoms. The minimum atomic E-state index is -0.217. The zero-order chi connectivity index (χ0) is 20.6. The second kappa shape index (κ2) is 10.0. The third kappa shape index (κ3) is 5.78. The number of hydrogen-bond donors (Lipinski definition) is 1. The maximum Gasteiger partial charge on any atom is 0.230 e. The first-order valence-electron chi connectivity index (χ1n) is 8.64. The minimum absolute atomic E-state index is 0.0184. The van der Waals surface area contributed by atoms with Crippen LogP contribution in [0.5, 0.6) is 11.5 Å². The topological polar surface area (TPSA) is 90.4 Å². The first kappa shape index (κ1) is 20.8. The van der Waals surface area contributed by atoms with Gasteiger partial charge in [0, 0.05) is 5.56 Å². The third-order valence-electron chi connectivity index (χ3n) is 3.89. The van der Waals surface area contributed by atoms with Gasteiger partial charge in [0.15, 0.2) is 21.6 Å². The molecule has 150 valence electrons. The largest absolute Gasteiger partial charge is 0.493 e. The van der Waals surface area contributed by atoms with Crippen molar-refractivity contribution in [3.05, 3.63) is 59.7 Å². The Balaban J connectivity index is 1.53. The van der Waals surface area contributed by atoms with Crippen molar-refractivity contribution in [1.82, 2.24) is 10.2 Å². The van der Waals surface area contributed by atoms with Crippen LogP contribution in [0.1, 0.15) is 15.9 Å². The van der Waals surface area contributed by atoms with E-state index in [1.54, 1.807) is 44.6 Å². The maximum atomic E-state index is 12.3. The second-order valence-electron chi connectivity index (χ2n) is 5.87. The molecule has 0 saturated carbocycles. The lowest BCUT2D eigenvalue weighted by atomic mass is 10.1. The van der Waals surface area contributed by atoms with E-state index in [0.717, 1.165) is 5.56 Å². The van der Waals surface area contributed by atoms with Crippen LogP contribution in [0, 0.1) is 0 Å². The monoisotopic (exact) mass is 429 g/mol. The van der Waals surface area contributed by atoms with Gasteiger partial charge in [-0.3, -0.25) is 9.59 Å². The molecule has 29 heavy (non-hydrogen) atoms. The molecule has 0 spiro atoms. The predicted octanol–water partition coefficient (Wildman–Crippen LogP) is 3.71. The molecule has 3 rings (SSSR count). The zero-order valence-corrected chi connectivity index (χ0v) is 17.5. The summed E-state index contributed by atoms with van der Waals surface area (Å²) in [7, 11) is 3.10. The van der Waals surface area contributed by atoms with Gasteiger partial charge in [-0.2, -0.15) is 0 Å². The Morgan fingerprint density at radius 2 is 1.79 bits per heavy atom. The van der Waals surface area contributed by atoms with E-state index in [0.29, 0.717) is 26.5 Å². The van der Waals surface area contributed by atoms with Gasteiger partial charge < -0.3 is 14.8 Å². The highest BCUT2D eigenvalue weighted by atomic mass is 32.2. The van der Waals surface area contributed by atoms with Crippen LogP contribution in [0.2, 0.25) is 0 Å². The number of thioether (sulfide) groups is 1. The fourth-order valence-electron chi connectivity index (χ4n) is 2.49. The van der Waals surface area contributed by atoms with Crippen LogP contribution in [0.25, 0.3) is 0 Å². The Morgan fingerprint density at radius 3 is 2.52 bits per heavy atom. The average molecular weight is 430 g/mol. The van der Waals surface area contributed by atoms with Gasteiger partial charge >= 0.3 is 0 Å². The molecule has 0 aliphatic carbocycles. The molecular formula is C20H19N3O4S2. The van der Waals surface area contributed by atoms with Crippen molar-refractivity contribution >= 4 is 39.9 Å². The SMILES string of the molecule is COc1ccc(CC(=O)Nc2nnc(SCC(=O)c3ccccc3)s2)cc1OC. The van der Waals surface area contributed by atoms with Gasteiger partial charge in [0.05, 0.1) is 26.4 Å². The lowest BCUT2D eigenvalue weighted by Crippen LogP contribution is -2.14. The molecule has 0 atom stereocenters. The standard InChI is InChI=1S/C20H19N3O4S2/c1-26-16-9-8-13(10-17(16)27-2)11-18(25)21-19-22-23-20(29-19)28-12-15(24)14-6-4-3-5-7-14/h3-10H,11-12H2,1-2H3,(H,21,22,25). The smallest absolute Gasteiger partial charge is 0.230 e. The summed E-state index contributed by atoms with van der Waals surface area (Å²) in [6.07, 6.45) is 0.162. The molecule has 1 amide bonds. The van der Waals surface area contributed by atoms with Gasteiger partial charge in [-0.1, -0.05) is 59.5 Å². The number of ether oxygens (including phenoxy) is 2. The molecule has 0 aliphatic heterocycles. The molecule has 7 nitrogen and oxygen atoms in total. The molecule has 0 aliphatic rings. The third-order valence-corrected chi connectivity index (χ3v) is 5.86. The highest BCUT2D eigenvalue weighted by molar-refractivity contribution is 8.01. The molecular weight excluding hydrogens is 410 g/mol. The number of carbonyl (C=O) groups excluding carboxylic acids is 2. The van der Waals surface area contributed by atoms with Crippen LogP contribution in [-0.4, -0.2) is 41.9 Å². The number of rotatable bonds is 9. The number of Topliss-reactive ketones (excluding diaryl/α,β-unsaturated/α-hetero) is 1. The Labute approximate surface area is 176 Å². The predicted molar refractivity (Wildman–Crippen MR) is 113 cm³/mol. The Hall–Kier alpha value is -2.91. The minimum Gasteiger partial charge on any atom is -0.493 e. The number of anilines is 1. The van der Waals surface area contributed by atoms with Gasteiger partial charge in [-0.15, -0.1) is 10.2 Å². The summed E-state index contributed by atoms with van der Waals surface area (Å²) in [6, 6.07) is 14.4. The number of carbonyl (C=O) groups is 2. The van der Waals surface area contributed by atoms with Crippen molar-refractivity contribution in [3.8, 4) is 11.5 Å². The number of methoxy groups -OCH3 is 2. The fraction of sp³-hybridized carbons (Fsp3) is 0.200. The molecule has 3 aromatic rings. The number of nitrogens with zero attached hydrogens (tertiary/aromatic N) is 2. The molecule has 1 aromatic heterocycles. The van der Waals surface area contributed by atoms with Crippen LogP contribution in [0.3, 0.4) is 0 Å². The van der Waals surface area contributed by atoms with E-state index in [-0.39, 0.29) is 23.9 Å². The Morgan fingerprint density at radius 1 is 1.03 bits per heavy atom. The van der Waals surface area contributed by atoms with E-state index >= 15 is 0 Å². The summed E-state index contributed by atoms with van der Waals surface area (Å²) in [5.41, 5.74) is 1.45. The Bertz CT molecular complexity index is 992. The van der Waals surface area contributed by atoms with E-state index in [2.05, 4.69) is 15.5 Å². The number of aromatic nitrogens is 2. The summed E-state index contributed by atoms with van der Waals surface area (Å²) < 4.78 is 11.1. The molecule has 0 bridgehead atoms. The number of ketones is 1. The fourth-order valence-corrected chi connectivity index (χ4v) is 4.16. The highest BCUT2D eigenvalue weighted by Crippen LogP contribution is 2.28. The van der Waals surface area contributed by atoms with E-state index in [1.807, 2.05) is 18.2 Å². The van der Waals surface area contributed by atoms with Crippen LogP contribution >= 0.6 is 23.1 Å². The van der Waals surface area contributed by atoms with E-state index in [9.17, 15) is 9.59 Å². The Kier molecular flexibility index (Phi) is 7.20. The van der Waals surface area contributed by atoms with E-state index < -0.39 is 0 Å². The van der Waals surface area contributed by atoms with E-state index in [4.69, 9.17) is 9.47 Å². The highest BCUT2D eigenvalue weighted by Gasteiger charge is 2.13. The lowest BCUT2D eigenvalue weighted by molar-refractivity contribution is -0.115. The van der Waals surface area contributed by atoms with Gasteiger partial charge in [-0.05, 0) is 17.7 Å². The van der Waals surface area contributed by atoms with Crippen LogP contribution < -0.4 is 14.8 Å². The summed E-state index contributed by atoms with van der Waals surface area (Å²) in [4.78, 5) is 24.4. The number of hydrogen-bond acceptors (Lipinski definition) is 8. The van der Waals surface area contributed by atoms with Gasteiger partial charge in [-0.25, -0.2) is 0 Å². The normalized spacial score (nSPS) is 10.4. The summed E-state index contributed by atoms with van der Waals surface area (Å²) in [5.74, 6) is 1.23. The van der Waals surface area contributed by atoms with Crippen molar-refractivity contribution in [1.29, 1.82) is 0 Å². The van der Waals surface area contributed by atoms with Gasteiger partial charge in [0.25, 0.3) is 0 Å². The lowest BCUT2D eigenvalue weighted by Gasteiger charge is -2.09. The second-order valence-corrected chi connectivity index (χ2v) is 8.07. The van der Waals surface area contributed by atoms with Crippen molar-refractivity contribution < 1.29 is 19.1 Å². The van der Waals surface area contributed by atoms with Crippen LogP contribution in [0.15, 0.2) is 52.9 Å².